The van der Waals surface area contributed by atoms with Gasteiger partial charge in [-0.25, -0.2) is 4.39 Å². The lowest BCUT2D eigenvalue weighted by atomic mass is 10.1. The Labute approximate surface area is 90.2 Å². The quantitative estimate of drug-likeness (QED) is 0.626. The van der Waals surface area contributed by atoms with Crippen LogP contribution in [0.5, 0.6) is 0 Å². The molecule has 2 aromatic rings. The molecule has 0 spiro atoms. The van der Waals surface area contributed by atoms with E-state index in [1.54, 1.807) is 22.9 Å². The standard InChI is InChI=1S/C11H8FNOS/c12-10-8(2-1-3-9(10)13)11(14)7-4-5-15-6-7/h1-6H,13H2. The molecule has 0 amide bonds. The maximum absolute atomic E-state index is 13.5. The number of rotatable bonds is 2. The number of thiophene rings is 1. The Morgan fingerprint density at radius 3 is 2.80 bits per heavy atom. The lowest BCUT2D eigenvalue weighted by Gasteiger charge is -2.02. The molecule has 4 heteroatoms. The predicted molar refractivity (Wildman–Crippen MR) is 58.6 cm³/mol. The highest BCUT2D eigenvalue weighted by Crippen LogP contribution is 2.19. The minimum atomic E-state index is -0.645. The van der Waals surface area contributed by atoms with Crippen LogP contribution in [0.2, 0.25) is 0 Å². The van der Waals surface area contributed by atoms with E-state index in [1.807, 2.05) is 0 Å². The van der Waals surface area contributed by atoms with Crippen LogP contribution >= 0.6 is 11.3 Å². The third kappa shape index (κ3) is 1.76. The zero-order chi connectivity index (χ0) is 10.8. The third-order valence-corrected chi connectivity index (χ3v) is 2.74. The molecule has 0 saturated heterocycles. The van der Waals surface area contributed by atoms with Gasteiger partial charge in [0.05, 0.1) is 11.3 Å². The van der Waals surface area contributed by atoms with Gasteiger partial charge in [0.2, 0.25) is 0 Å². The fraction of sp³-hybridized carbons (Fsp3) is 0. The number of nitrogen functional groups attached to an aromatic ring is 1. The van der Waals surface area contributed by atoms with E-state index in [9.17, 15) is 9.18 Å². The zero-order valence-electron chi connectivity index (χ0n) is 7.74. The smallest absolute Gasteiger partial charge is 0.196 e. The minimum absolute atomic E-state index is 0.00363. The Morgan fingerprint density at radius 1 is 1.33 bits per heavy atom. The van der Waals surface area contributed by atoms with Crippen LogP contribution in [0.3, 0.4) is 0 Å². The second-order valence-electron chi connectivity index (χ2n) is 3.05. The van der Waals surface area contributed by atoms with E-state index in [2.05, 4.69) is 0 Å². The summed E-state index contributed by atoms with van der Waals surface area (Å²) >= 11 is 1.40. The van der Waals surface area contributed by atoms with E-state index >= 15 is 0 Å². The number of halogens is 1. The van der Waals surface area contributed by atoms with Gasteiger partial charge in [0.25, 0.3) is 0 Å². The fourth-order valence-electron chi connectivity index (χ4n) is 1.27. The van der Waals surface area contributed by atoms with Crippen LogP contribution in [0.15, 0.2) is 35.0 Å². The van der Waals surface area contributed by atoms with Crippen LogP contribution in [0, 0.1) is 5.82 Å². The highest BCUT2D eigenvalue weighted by Gasteiger charge is 2.15. The van der Waals surface area contributed by atoms with Gasteiger partial charge in [-0.2, -0.15) is 11.3 Å². The first-order valence-electron chi connectivity index (χ1n) is 4.31. The van der Waals surface area contributed by atoms with Gasteiger partial charge in [-0.05, 0) is 23.6 Å². The molecule has 0 radical (unpaired) electrons. The van der Waals surface area contributed by atoms with Crippen molar-refractivity contribution in [3.8, 4) is 0 Å². The Hall–Kier alpha value is -1.68. The molecular formula is C11H8FNOS. The first-order valence-corrected chi connectivity index (χ1v) is 5.25. The van der Waals surface area contributed by atoms with Gasteiger partial charge in [0.1, 0.15) is 0 Å². The summed E-state index contributed by atoms with van der Waals surface area (Å²) in [6.07, 6.45) is 0. The monoisotopic (exact) mass is 221 g/mol. The van der Waals surface area contributed by atoms with E-state index in [1.165, 1.54) is 23.5 Å². The fourth-order valence-corrected chi connectivity index (χ4v) is 1.91. The average Bonchev–Trinajstić information content (AvgIpc) is 2.74. The van der Waals surface area contributed by atoms with E-state index < -0.39 is 5.82 Å². The Bertz CT molecular complexity index is 493. The van der Waals surface area contributed by atoms with Crippen molar-refractivity contribution >= 4 is 22.8 Å². The molecule has 0 unspecified atom stereocenters. The molecule has 0 saturated carbocycles. The molecule has 0 aliphatic carbocycles. The van der Waals surface area contributed by atoms with Crippen LogP contribution in [-0.4, -0.2) is 5.78 Å². The van der Waals surface area contributed by atoms with E-state index in [4.69, 9.17) is 5.73 Å². The molecule has 0 atom stereocenters. The second-order valence-corrected chi connectivity index (χ2v) is 3.83. The van der Waals surface area contributed by atoms with Gasteiger partial charge in [0.15, 0.2) is 11.6 Å². The largest absolute Gasteiger partial charge is 0.396 e. The average molecular weight is 221 g/mol. The third-order valence-electron chi connectivity index (χ3n) is 2.06. The topological polar surface area (TPSA) is 43.1 Å². The summed E-state index contributed by atoms with van der Waals surface area (Å²) in [5.74, 6) is -0.977. The van der Waals surface area contributed by atoms with Crippen molar-refractivity contribution in [1.29, 1.82) is 0 Å². The molecule has 1 aromatic heterocycles. The first-order chi connectivity index (χ1) is 7.20. The molecule has 2 N–H and O–H groups in total. The molecule has 2 rings (SSSR count). The number of carbonyl (C=O) groups is 1. The molecule has 0 fully saturated rings. The normalized spacial score (nSPS) is 10.2. The first kappa shape index (κ1) is 9.86. The van der Waals surface area contributed by atoms with Crippen molar-refractivity contribution in [2.75, 3.05) is 5.73 Å². The highest BCUT2D eigenvalue weighted by molar-refractivity contribution is 7.08. The number of anilines is 1. The van der Waals surface area contributed by atoms with E-state index in [0.717, 1.165) is 0 Å². The Morgan fingerprint density at radius 2 is 2.13 bits per heavy atom. The molecule has 0 aliphatic heterocycles. The highest BCUT2D eigenvalue weighted by atomic mass is 32.1. The number of nitrogens with two attached hydrogens (primary N) is 1. The van der Waals surface area contributed by atoms with Gasteiger partial charge >= 0.3 is 0 Å². The Balaban J connectivity index is 2.47. The summed E-state index contributed by atoms with van der Waals surface area (Å²) < 4.78 is 13.5. The SMILES string of the molecule is Nc1cccc(C(=O)c2ccsc2)c1F. The number of hydrogen-bond donors (Lipinski definition) is 1. The summed E-state index contributed by atoms with van der Waals surface area (Å²) in [6, 6.07) is 6.10. The predicted octanol–water partition coefficient (Wildman–Crippen LogP) is 2.70. The van der Waals surface area contributed by atoms with Gasteiger partial charge in [-0.15, -0.1) is 0 Å². The summed E-state index contributed by atoms with van der Waals surface area (Å²) in [4.78, 5) is 11.8. The van der Waals surface area contributed by atoms with Crippen molar-refractivity contribution in [1.82, 2.24) is 0 Å². The molecule has 15 heavy (non-hydrogen) atoms. The molecule has 2 nitrogen and oxygen atoms in total. The molecule has 1 aromatic carbocycles. The van der Waals surface area contributed by atoms with Crippen molar-refractivity contribution in [2.24, 2.45) is 0 Å². The van der Waals surface area contributed by atoms with Crippen molar-refractivity contribution in [3.05, 3.63) is 52.0 Å². The minimum Gasteiger partial charge on any atom is -0.396 e. The maximum Gasteiger partial charge on any atom is 0.196 e. The summed E-state index contributed by atoms with van der Waals surface area (Å²) in [6.45, 7) is 0. The molecule has 0 bridgehead atoms. The van der Waals surface area contributed by atoms with Crippen molar-refractivity contribution < 1.29 is 9.18 Å². The van der Waals surface area contributed by atoms with Gasteiger partial charge in [-0.1, -0.05) is 6.07 Å². The lowest BCUT2D eigenvalue weighted by Crippen LogP contribution is -2.05. The second kappa shape index (κ2) is 3.82. The number of ketones is 1. The summed E-state index contributed by atoms with van der Waals surface area (Å²) in [5, 5.41) is 3.46. The van der Waals surface area contributed by atoms with Gasteiger partial charge in [-0.3, -0.25) is 4.79 Å². The summed E-state index contributed by atoms with van der Waals surface area (Å²) in [7, 11) is 0. The maximum atomic E-state index is 13.5. The Kier molecular flexibility index (Phi) is 2.51. The van der Waals surface area contributed by atoms with Crippen LogP contribution in [0.25, 0.3) is 0 Å². The van der Waals surface area contributed by atoms with Crippen LogP contribution < -0.4 is 5.73 Å². The molecule has 0 aliphatic rings. The van der Waals surface area contributed by atoms with Crippen LogP contribution in [0.4, 0.5) is 10.1 Å². The lowest BCUT2D eigenvalue weighted by molar-refractivity contribution is 0.103. The van der Waals surface area contributed by atoms with E-state index in [0.29, 0.717) is 5.56 Å². The van der Waals surface area contributed by atoms with Crippen molar-refractivity contribution in [3.63, 3.8) is 0 Å². The molecule has 1 heterocycles. The van der Waals surface area contributed by atoms with Crippen molar-refractivity contribution in [2.45, 2.75) is 0 Å². The van der Waals surface area contributed by atoms with Crippen LogP contribution in [0.1, 0.15) is 15.9 Å². The van der Waals surface area contributed by atoms with Gasteiger partial charge < -0.3 is 5.73 Å². The number of benzene rings is 1. The zero-order valence-corrected chi connectivity index (χ0v) is 8.55. The number of carbonyl (C=O) groups excluding carboxylic acids is 1. The van der Waals surface area contributed by atoms with Crippen LogP contribution in [-0.2, 0) is 0 Å². The van der Waals surface area contributed by atoms with Gasteiger partial charge in [0, 0.05) is 10.9 Å². The number of hydrogen-bond acceptors (Lipinski definition) is 3. The van der Waals surface area contributed by atoms with E-state index in [-0.39, 0.29) is 17.0 Å². The summed E-state index contributed by atoms with van der Waals surface area (Å²) in [5.41, 5.74) is 5.90. The molecule has 76 valence electrons. The molecular weight excluding hydrogens is 213 g/mol.